The topological polar surface area (TPSA) is 0 Å². The first-order chi connectivity index (χ1) is 6.00. The summed E-state index contributed by atoms with van der Waals surface area (Å²) in [6.07, 6.45) is 0. The Bertz CT molecular complexity index is 96.8. The SMILES string of the molecule is Br.F[B-](F)(F)F.F[B-](F)(F)F.F[B-](F)(F)F.[LiH]. The molecule has 0 aliphatic heterocycles. The van der Waals surface area contributed by atoms with Crippen LogP contribution in [0.1, 0.15) is 0 Å². The van der Waals surface area contributed by atoms with Crippen molar-refractivity contribution in [3.8, 4) is 0 Å². The molecule has 0 aromatic rings. The van der Waals surface area contributed by atoms with Crippen molar-refractivity contribution in [1.82, 2.24) is 0 Å². The molecule has 0 aliphatic carbocycles. The summed E-state index contributed by atoms with van der Waals surface area (Å²) in [5, 5.41) is 0. The van der Waals surface area contributed by atoms with Crippen molar-refractivity contribution in [1.29, 1.82) is 0 Å². The summed E-state index contributed by atoms with van der Waals surface area (Å²) in [5.74, 6) is 0. The van der Waals surface area contributed by atoms with Crippen LogP contribution in [0.15, 0.2) is 0 Å². The molecule has 0 rings (SSSR count). The van der Waals surface area contributed by atoms with E-state index in [4.69, 9.17) is 0 Å². The second-order valence-electron chi connectivity index (χ2n) is 1.48. The summed E-state index contributed by atoms with van der Waals surface area (Å²) in [7, 11) is -18.0. The Hall–Kier alpha value is 0.432. The van der Waals surface area contributed by atoms with Gasteiger partial charge in [0.2, 0.25) is 0 Å². The maximum absolute atomic E-state index is 9.75. The fourth-order valence-corrected chi connectivity index (χ4v) is 0. The van der Waals surface area contributed by atoms with Crippen LogP contribution in [0.25, 0.3) is 0 Å². The van der Waals surface area contributed by atoms with Gasteiger partial charge in [-0.05, 0) is 0 Å². The molecule has 0 nitrogen and oxygen atoms in total. The van der Waals surface area contributed by atoms with Crippen LogP contribution >= 0.6 is 17.0 Å². The first kappa shape index (κ1) is 30.5. The summed E-state index contributed by atoms with van der Waals surface area (Å²) >= 11 is 0. The van der Waals surface area contributed by atoms with E-state index in [2.05, 4.69) is 0 Å². The quantitative estimate of drug-likeness (QED) is 0.461. The van der Waals surface area contributed by atoms with E-state index in [1.165, 1.54) is 0 Å². The molecule has 17 heavy (non-hydrogen) atoms. The molecule has 0 radical (unpaired) electrons. The molecule has 0 saturated carbocycles. The molecule has 0 atom stereocenters. The molecule has 0 spiro atoms. The normalized spacial score (nSPS) is 10.6. The second-order valence-corrected chi connectivity index (χ2v) is 1.48. The first-order valence-corrected chi connectivity index (χ1v) is 2.62. The Labute approximate surface area is 110 Å². The molecule has 0 unspecified atom stereocenters. The van der Waals surface area contributed by atoms with Crippen molar-refractivity contribution in [2.45, 2.75) is 0 Å². The van der Waals surface area contributed by atoms with Crippen molar-refractivity contribution in [2.24, 2.45) is 0 Å². The van der Waals surface area contributed by atoms with Crippen molar-refractivity contribution < 1.29 is 51.8 Å². The summed E-state index contributed by atoms with van der Waals surface area (Å²) in [6.45, 7) is 0. The van der Waals surface area contributed by atoms with Gasteiger partial charge in [-0.2, -0.15) is 0 Å². The number of hydrogen-bond donors (Lipinski definition) is 0. The van der Waals surface area contributed by atoms with Crippen molar-refractivity contribution >= 4 is 57.6 Å². The van der Waals surface area contributed by atoms with Gasteiger partial charge in [-0.15, -0.1) is 17.0 Å². The van der Waals surface area contributed by atoms with Crippen LogP contribution in [-0.2, 0) is 0 Å². The molecule has 0 N–H and O–H groups in total. The van der Waals surface area contributed by atoms with Gasteiger partial charge in [0.15, 0.2) is 0 Å². The van der Waals surface area contributed by atoms with E-state index in [1.807, 2.05) is 0 Å². The molecule has 0 aromatic heterocycles. The van der Waals surface area contributed by atoms with E-state index in [1.54, 1.807) is 0 Å². The van der Waals surface area contributed by atoms with E-state index in [-0.39, 0.29) is 35.8 Å². The van der Waals surface area contributed by atoms with Crippen molar-refractivity contribution in [3.05, 3.63) is 0 Å². The van der Waals surface area contributed by atoms with Gasteiger partial charge in [0.1, 0.15) is 0 Å². The molecule has 0 fully saturated rings. The third-order valence-electron chi connectivity index (χ3n) is 0. The zero-order valence-electron chi connectivity index (χ0n) is 6.68. The maximum atomic E-state index is 9.75. The molecule has 17 heteroatoms. The molecule has 0 bridgehead atoms. The van der Waals surface area contributed by atoms with Crippen LogP contribution in [-0.4, -0.2) is 40.6 Å². The average molecular weight is 349 g/mol. The van der Waals surface area contributed by atoms with Crippen LogP contribution < -0.4 is 0 Å². The Morgan fingerprint density at radius 2 is 0.353 bits per heavy atom. The first-order valence-electron chi connectivity index (χ1n) is 2.62. The van der Waals surface area contributed by atoms with Gasteiger partial charge in [0.25, 0.3) is 0 Å². The van der Waals surface area contributed by atoms with Gasteiger partial charge in [-0.3, -0.25) is 0 Å². The standard InChI is InChI=1S/3BF4.BrH.Li.H/c3*2-1(3,4)5;;;/h;;;1H;;/q3*-1;;;. The monoisotopic (exact) mass is 349 g/mol. The van der Waals surface area contributed by atoms with Gasteiger partial charge in [0.05, 0.1) is 0 Å². The summed E-state index contributed by atoms with van der Waals surface area (Å²) in [6, 6.07) is 0. The minimum absolute atomic E-state index is 0. The molecule has 0 aliphatic rings. The molecular formula is H2B3BrF12Li-3. The van der Waals surface area contributed by atoms with E-state index in [0.717, 1.165) is 0 Å². The summed E-state index contributed by atoms with van der Waals surface area (Å²) in [4.78, 5) is 0. The average Bonchev–Trinajstić information content (AvgIpc) is 1.41. The second kappa shape index (κ2) is 11.5. The van der Waals surface area contributed by atoms with Crippen molar-refractivity contribution in [3.63, 3.8) is 0 Å². The van der Waals surface area contributed by atoms with Gasteiger partial charge in [-0.1, -0.05) is 0 Å². The number of hydrogen-bond acceptors (Lipinski definition) is 0. The number of halogens is 13. The third-order valence-corrected chi connectivity index (χ3v) is 0. The molecular weight excluding hydrogens is 347 g/mol. The van der Waals surface area contributed by atoms with Crippen molar-refractivity contribution in [2.75, 3.05) is 0 Å². The Kier molecular flexibility index (Phi) is 20.6. The van der Waals surface area contributed by atoms with Gasteiger partial charge < -0.3 is 51.8 Å². The molecule has 0 aromatic carbocycles. The molecule has 0 saturated heterocycles. The Balaban J connectivity index is -0.0000000400. The number of rotatable bonds is 0. The van der Waals surface area contributed by atoms with Crippen LogP contribution in [0.3, 0.4) is 0 Å². The molecule has 106 valence electrons. The Morgan fingerprint density at radius 1 is 0.353 bits per heavy atom. The predicted molar refractivity (Wildman–Crippen MR) is 48.0 cm³/mol. The Morgan fingerprint density at radius 3 is 0.353 bits per heavy atom. The van der Waals surface area contributed by atoms with Gasteiger partial charge in [0, 0.05) is 0 Å². The van der Waals surface area contributed by atoms with E-state index >= 15 is 0 Å². The third kappa shape index (κ3) is 18300. The fourth-order valence-electron chi connectivity index (χ4n) is 0. The zero-order valence-corrected chi connectivity index (χ0v) is 8.39. The minimum atomic E-state index is -6.00. The van der Waals surface area contributed by atoms with Gasteiger partial charge >= 0.3 is 40.6 Å². The van der Waals surface area contributed by atoms with Crippen LogP contribution in [0.4, 0.5) is 51.8 Å². The molecule has 0 amide bonds. The van der Waals surface area contributed by atoms with Gasteiger partial charge in [-0.25, -0.2) is 0 Å². The fraction of sp³-hybridized carbons (Fsp3) is 0. The molecule has 0 heterocycles. The van der Waals surface area contributed by atoms with Crippen LogP contribution in [0.2, 0.25) is 0 Å². The zero-order chi connectivity index (χ0) is 13.5. The van der Waals surface area contributed by atoms with E-state index in [9.17, 15) is 51.8 Å². The predicted octanol–water partition coefficient (Wildman–Crippen LogP) is 3.83. The summed E-state index contributed by atoms with van der Waals surface area (Å²) in [5.41, 5.74) is 0. The van der Waals surface area contributed by atoms with E-state index in [0.29, 0.717) is 0 Å². The van der Waals surface area contributed by atoms with E-state index < -0.39 is 21.8 Å². The van der Waals surface area contributed by atoms with Crippen LogP contribution in [0.5, 0.6) is 0 Å². The summed E-state index contributed by atoms with van der Waals surface area (Å²) < 4.78 is 117. The van der Waals surface area contributed by atoms with Crippen LogP contribution in [0, 0.1) is 0 Å².